The van der Waals surface area contributed by atoms with Crippen LogP contribution in [0.15, 0.2) is 121 Å². The number of rotatable bonds is 12. The maximum Gasteiger partial charge on any atom is 0.0504 e. The molecule has 4 rings (SSSR count). The summed E-state index contributed by atoms with van der Waals surface area (Å²) in [7, 11) is -0.229. The van der Waals surface area contributed by atoms with Gasteiger partial charge in [0.1, 0.15) is 0 Å². The van der Waals surface area contributed by atoms with Crippen molar-refractivity contribution < 1.29 is 0 Å². The van der Waals surface area contributed by atoms with E-state index in [0.717, 1.165) is 22.0 Å². The van der Waals surface area contributed by atoms with Crippen LogP contribution in [0.1, 0.15) is 37.5 Å². The van der Waals surface area contributed by atoms with Crippen LogP contribution in [0.5, 0.6) is 0 Å². The van der Waals surface area contributed by atoms with Gasteiger partial charge in [-0.1, -0.05) is 122 Å². The van der Waals surface area contributed by atoms with Gasteiger partial charge in [-0.15, -0.1) is 11.8 Å². The van der Waals surface area contributed by atoms with Gasteiger partial charge in [-0.05, 0) is 95.3 Å². The number of hydrogen-bond donors (Lipinski definition) is 1. The molecule has 0 heterocycles. The van der Waals surface area contributed by atoms with Crippen LogP contribution in [0.4, 0.5) is 0 Å². The largest absolute Gasteiger partial charge is 0.222 e. The van der Waals surface area contributed by atoms with Gasteiger partial charge in [-0.3, -0.25) is 0 Å². The predicted octanol–water partition coefficient (Wildman–Crippen LogP) is 12.6. The zero-order valence-corrected chi connectivity index (χ0v) is 28.6. The predicted molar refractivity (Wildman–Crippen MR) is 194 cm³/mol. The quantitative estimate of drug-likeness (QED) is 0.119. The first-order valence-corrected chi connectivity index (χ1v) is 18.7. The molecule has 0 aromatic heterocycles. The third-order valence-corrected chi connectivity index (χ3v) is 13.5. The molecule has 41 heavy (non-hydrogen) atoms. The highest BCUT2D eigenvalue weighted by molar-refractivity contribution is 8.32. The Bertz CT molecular complexity index is 1430. The van der Waals surface area contributed by atoms with Crippen LogP contribution >= 0.6 is 69.4 Å². The van der Waals surface area contributed by atoms with Gasteiger partial charge in [0.25, 0.3) is 0 Å². The average Bonchev–Trinajstić information content (AvgIpc) is 2.96. The smallest absolute Gasteiger partial charge is 0.0504 e. The zero-order chi connectivity index (χ0) is 29.2. The molecule has 0 aliphatic carbocycles. The van der Waals surface area contributed by atoms with Crippen molar-refractivity contribution in [1.82, 2.24) is 0 Å². The van der Waals surface area contributed by atoms with Gasteiger partial charge >= 0.3 is 0 Å². The van der Waals surface area contributed by atoms with E-state index in [1.807, 2.05) is 36.0 Å². The molecule has 0 saturated carbocycles. The van der Waals surface area contributed by atoms with Crippen LogP contribution in [0.3, 0.4) is 0 Å². The van der Waals surface area contributed by atoms with Gasteiger partial charge in [0.15, 0.2) is 0 Å². The molecule has 0 aliphatic rings. The summed E-state index contributed by atoms with van der Waals surface area (Å²) in [6.45, 7) is 7.00. The summed E-state index contributed by atoms with van der Waals surface area (Å²) in [6, 6.07) is 35.8. The lowest BCUT2D eigenvalue weighted by Crippen LogP contribution is -2.04. The normalized spacial score (nSPS) is 14.3. The molecule has 0 radical (unpaired) electrons. The topological polar surface area (TPSA) is 0 Å². The van der Waals surface area contributed by atoms with Crippen molar-refractivity contribution in [1.29, 1.82) is 0 Å². The lowest BCUT2D eigenvalue weighted by molar-refractivity contribution is 0.944. The van der Waals surface area contributed by atoms with Gasteiger partial charge < -0.3 is 0 Å². The van der Waals surface area contributed by atoms with E-state index < -0.39 is 0 Å². The summed E-state index contributed by atoms with van der Waals surface area (Å²) in [4.78, 5) is 2.46. The van der Waals surface area contributed by atoms with E-state index in [1.165, 1.54) is 29.4 Å². The summed E-state index contributed by atoms with van der Waals surface area (Å²) < 4.78 is 2.71. The van der Waals surface area contributed by atoms with Crippen molar-refractivity contribution in [2.75, 3.05) is 6.26 Å². The number of halogens is 2. The van der Waals surface area contributed by atoms with Crippen molar-refractivity contribution in [2.24, 2.45) is 0 Å². The van der Waals surface area contributed by atoms with E-state index in [1.54, 1.807) is 23.5 Å². The first kappa shape index (κ1) is 32.3. The number of hydrogen-bond acceptors (Lipinski definition) is 3. The van der Waals surface area contributed by atoms with Gasteiger partial charge in [0.05, 0.1) is 4.24 Å². The summed E-state index contributed by atoms with van der Waals surface area (Å²) >= 11 is 17.8. The minimum Gasteiger partial charge on any atom is -0.222 e. The molecule has 0 aliphatic heterocycles. The van der Waals surface area contributed by atoms with E-state index in [-0.39, 0.29) is 10.9 Å². The van der Waals surface area contributed by atoms with Crippen molar-refractivity contribution in [3.8, 4) is 0 Å². The molecule has 0 bridgehead atoms. The molecule has 0 saturated heterocycles. The van der Waals surface area contributed by atoms with E-state index >= 15 is 0 Å². The van der Waals surface area contributed by atoms with E-state index in [0.29, 0.717) is 10.5 Å². The average molecular weight is 656 g/mol. The highest BCUT2D eigenvalue weighted by Gasteiger charge is 2.15. The fraction of sp³-hybridized carbons (Fsp3) is 0.200. The van der Waals surface area contributed by atoms with Crippen molar-refractivity contribution in [3.05, 3.63) is 138 Å². The van der Waals surface area contributed by atoms with Crippen LogP contribution < -0.4 is 0 Å². The van der Waals surface area contributed by atoms with Crippen LogP contribution in [0, 0.1) is 0 Å². The molecule has 4 aromatic carbocycles. The Hall–Kier alpha value is -1.66. The lowest BCUT2D eigenvalue weighted by Gasteiger charge is -2.26. The van der Waals surface area contributed by atoms with Gasteiger partial charge in [-0.25, -0.2) is 10.9 Å². The molecule has 4 aromatic rings. The Labute approximate surface area is 271 Å². The second kappa shape index (κ2) is 16.3. The summed E-state index contributed by atoms with van der Waals surface area (Å²) in [6.07, 6.45) is 8.02. The number of thiol groups is 1. The maximum absolute atomic E-state index is 6.12. The van der Waals surface area contributed by atoms with Crippen LogP contribution in [0.25, 0.3) is 12.2 Å². The second-order valence-electron chi connectivity index (χ2n) is 10.0. The maximum atomic E-state index is 6.12. The first-order valence-electron chi connectivity index (χ1n) is 13.6. The molecule has 2 unspecified atom stereocenters. The minimum atomic E-state index is -0.229. The summed E-state index contributed by atoms with van der Waals surface area (Å²) in [5.41, 5.74) is 3.72. The Morgan fingerprint density at radius 1 is 0.683 bits per heavy atom. The second-order valence-corrected chi connectivity index (χ2v) is 17.9. The first-order chi connectivity index (χ1) is 19.7. The molecule has 0 fully saturated rings. The summed E-state index contributed by atoms with van der Waals surface area (Å²) in [5.74, 6) is 0. The molecule has 0 N–H and O–H groups in total. The molecule has 0 nitrogen and oxygen atoms in total. The zero-order valence-electron chi connectivity index (χ0n) is 23.8. The Morgan fingerprint density at radius 3 is 1.73 bits per heavy atom. The fourth-order valence-electron chi connectivity index (χ4n) is 3.94. The van der Waals surface area contributed by atoms with Crippen LogP contribution in [-0.4, -0.2) is 16.8 Å². The molecule has 0 spiro atoms. The highest BCUT2D eigenvalue weighted by Crippen LogP contribution is 2.47. The number of benzene rings is 4. The molecule has 214 valence electrons. The van der Waals surface area contributed by atoms with Crippen LogP contribution in [0.2, 0.25) is 10.0 Å². The van der Waals surface area contributed by atoms with Crippen molar-refractivity contribution >= 4 is 81.5 Å². The third kappa shape index (κ3) is 10.8. The molecule has 2 atom stereocenters. The fourth-order valence-corrected chi connectivity index (χ4v) is 9.95. The molecule has 6 heteroatoms. The lowest BCUT2D eigenvalue weighted by atomic mass is 10.1. The number of thioether (sulfide) groups is 3. The minimum absolute atomic E-state index is 0.229. The van der Waals surface area contributed by atoms with Crippen molar-refractivity contribution in [2.45, 2.75) is 47.5 Å². The molecular formula is C35H36Cl2S4. The Morgan fingerprint density at radius 2 is 1.20 bits per heavy atom. The van der Waals surface area contributed by atoms with E-state index in [2.05, 4.69) is 118 Å². The highest BCUT2D eigenvalue weighted by atomic mass is 35.5. The molecular weight excluding hydrogens is 620 g/mol. The standard InChI is InChI=1S/C35H36Cl2S4/c1-25(2)41(4)35(24-29-12-18-31(37)19-13-29)38-26(3)22-27-14-20-33(21-15-27)40-34(39-32-8-6-5-7-9-32)23-28-10-16-30(36)17-11-28/h5-21,23-26,41H,22H2,1-4H3/b34-23+,35-24+. The third-order valence-electron chi connectivity index (χ3n) is 6.39. The SMILES string of the molecule is CC(Cc1ccc(S/C(=C/c2ccc(Cl)cc2)Sc2ccccc2)cc1)S/C(=C\c1ccc(Cl)cc1)[SH](C)C(C)C. The van der Waals surface area contributed by atoms with Gasteiger partial charge in [-0.2, -0.15) is 0 Å². The van der Waals surface area contributed by atoms with Crippen LogP contribution in [-0.2, 0) is 6.42 Å². The van der Waals surface area contributed by atoms with Crippen molar-refractivity contribution in [3.63, 3.8) is 0 Å². The van der Waals surface area contributed by atoms with Gasteiger partial charge in [0, 0.05) is 29.3 Å². The Balaban J connectivity index is 1.45. The van der Waals surface area contributed by atoms with E-state index in [9.17, 15) is 0 Å². The molecule has 0 amide bonds. The summed E-state index contributed by atoms with van der Waals surface area (Å²) in [5, 5.41) is 2.65. The van der Waals surface area contributed by atoms with Gasteiger partial charge in [0.2, 0.25) is 0 Å². The monoisotopic (exact) mass is 654 g/mol. The Kier molecular flexibility index (Phi) is 12.8. The van der Waals surface area contributed by atoms with E-state index in [4.69, 9.17) is 23.2 Å².